The average Bonchev–Trinajstić information content (AvgIpc) is 2.82. The Morgan fingerprint density at radius 1 is 1.00 bits per heavy atom. The van der Waals surface area contributed by atoms with Gasteiger partial charge in [0, 0.05) is 50.2 Å². The largest absolute Gasteiger partial charge is 0.306 e. The lowest BCUT2D eigenvalue weighted by atomic mass is 10.1. The zero-order valence-corrected chi connectivity index (χ0v) is 16.9. The van der Waals surface area contributed by atoms with Crippen LogP contribution >= 0.6 is 0 Å². The number of aromatic nitrogens is 5. The molecule has 1 aliphatic heterocycles. The van der Waals surface area contributed by atoms with E-state index >= 15 is 0 Å². The van der Waals surface area contributed by atoms with Crippen LogP contribution < -0.4 is 5.56 Å². The van der Waals surface area contributed by atoms with E-state index in [-0.39, 0.29) is 5.56 Å². The van der Waals surface area contributed by atoms with E-state index in [0.717, 1.165) is 29.9 Å². The molecular formula is C23H18F2N6O. The number of H-pyrrole nitrogens is 1. The third-order valence-electron chi connectivity index (χ3n) is 5.43. The summed E-state index contributed by atoms with van der Waals surface area (Å²) >= 11 is 0. The van der Waals surface area contributed by atoms with Crippen molar-refractivity contribution in [2.24, 2.45) is 0 Å². The van der Waals surface area contributed by atoms with Gasteiger partial charge >= 0.3 is 0 Å². The van der Waals surface area contributed by atoms with Crippen LogP contribution in [0.1, 0.15) is 16.8 Å². The average molecular weight is 432 g/mol. The van der Waals surface area contributed by atoms with Crippen LogP contribution in [0, 0.1) is 11.6 Å². The summed E-state index contributed by atoms with van der Waals surface area (Å²) in [5, 5.41) is 0. The van der Waals surface area contributed by atoms with Crippen molar-refractivity contribution in [3.05, 3.63) is 94.1 Å². The fourth-order valence-electron chi connectivity index (χ4n) is 3.78. The van der Waals surface area contributed by atoms with Crippen LogP contribution in [0.4, 0.5) is 8.78 Å². The topological polar surface area (TPSA) is 87.7 Å². The number of aromatic amines is 1. The summed E-state index contributed by atoms with van der Waals surface area (Å²) in [6.07, 6.45) is 7.03. The van der Waals surface area contributed by atoms with E-state index in [9.17, 15) is 13.6 Å². The van der Waals surface area contributed by atoms with Gasteiger partial charge in [-0.05, 0) is 29.8 Å². The van der Waals surface area contributed by atoms with Crippen molar-refractivity contribution in [3.63, 3.8) is 0 Å². The smallest absolute Gasteiger partial charge is 0.255 e. The normalized spacial score (nSPS) is 13.7. The lowest BCUT2D eigenvalue weighted by Crippen LogP contribution is -2.35. The predicted molar refractivity (Wildman–Crippen MR) is 113 cm³/mol. The Hall–Kier alpha value is -3.85. The number of rotatable bonds is 4. The molecule has 1 aromatic carbocycles. The highest BCUT2D eigenvalue weighted by atomic mass is 19.2. The lowest BCUT2D eigenvalue weighted by molar-refractivity contribution is 0.241. The first-order valence-electron chi connectivity index (χ1n) is 10.1. The second kappa shape index (κ2) is 8.35. The summed E-state index contributed by atoms with van der Waals surface area (Å²) in [4.78, 5) is 34.6. The van der Waals surface area contributed by atoms with E-state index < -0.39 is 11.6 Å². The van der Waals surface area contributed by atoms with Crippen LogP contribution in [0.15, 0.2) is 60.0 Å². The Morgan fingerprint density at radius 2 is 1.84 bits per heavy atom. The summed E-state index contributed by atoms with van der Waals surface area (Å²) in [6.45, 7) is 1.84. The van der Waals surface area contributed by atoms with Gasteiger partial charge in [0.1, 0.15) is 12.2 Å². The molecule has 0 bridgehead atoms. The minimum absolute atomic E-state index is 0.162. The first-order valence-corrected chi connectivity index (χ1v) is 10.1. The van der Waals surface area contributed by atoms with Crippen molar-refractivity contribution in [3.8, 4) is 22.6 Å². The molecule has 9 heteroatoms. The Labute approximate surface area is 181 Å². The quantitative estimate of drug-likeness (QED) is 0.533. The standard InChI is InChI=1S/C23H18F2N6O/c24-18-3-2-15(7-19(18)25)20-4-1-14(8-28-20)11-31-6-5-21-17(12-31)23(32)30-22(29-21)16-9-26-13-27-10-16/h1-4,7-10,13H,5-6,11-12H2,(H,29,30,32). The van der Waals surface area contributed by atoms with Gasteiger partial charge in [-0.15, -0.1) is 0 Å². The van der Waals surface area contributed by atoms with E-state index in [0.29, 0.717) is 47.7 Å². The number of nitrogens with zero attached hydrogens (tertiary/aromatic N) is 5. The summed E-state index contributed by atoms with van der Waals surface area (Å²) in [5.74, 6) is -1.31. The summed E-state index contributed by atoms with van der Waals surface area (Å²) in [6, 6.07) is 7.40. The van der Waals surface area contributed by atoms with Gasteiger partial charge in [-0.25, -0.2) is 23.7 Å². The molecule has 4 heterocycles. The molecule has 0 amide bonds. The van der Waals surface area contributed by atoms with Gasteiger partial charge in [0.15, 0.2) is 11.6 Å². The highest BCUT2D eigenvalue weighted by molar-refractivity contribution is 5.59. The second-order valence-electron chi connectivity index (χ2n) is 7.61. The van der Waals surface area contributed by atoms with E-state index in [4.69, 9.17) is 0 Å². The maximum atomic E-state index is 13.5. The molecule has 3 aromatic heterocycles. The minimum atomic E-state index is -0.901. The van der Waals surface area contributed by atoms with Gasteiger partial charge in [-0.3, -0.25) is 14.7 Å². The van der Waals surface area contributed by atoms with Gasteiger partial charge < -0.3 is 4.98 Å². The number of nitrogens with one attached hydrogen (secondary N) is 1. The molecule has 160 valence electrons. The van der Waals surface area contributed by atoms with Crippen molar-refractivity contribution >= 4 is 0 Å². The van der Waals surface area contributed by atoms with Crippen molar-refractivity contribution in [2.75, 3.05) is 6.54 Å². The molecule has 5 rings (SSSR count). The third kappa shape index (κ3) is 4.02. The Kier molecular flexibility index (Phi) is 5.24. The number of hydrogen-bond acceptors (Lipinski definition) is 6. The van der Waals surface area contributed by atoms with Gasteiger partial charge in [0.05, 0.1) is 22.5 Å². The predicted octanol–water partition coefficient (Wildman–Crippen LogP) is 3.13. The Balaban J connectivity index is 1.31. The molecule has 0 spiro atoms. The molecule has 0 saturated heterocycles. The molecule has 1 aliphatic rings. The van der Waals surface area contributed by atoms with E-state index in [2.05, 4.69) is 29.8 Å². The third-order valence-corrected chi connectivity index (χ3v) is 5.43. The van der Waals surface area contributed by atoms with Crippen LogP contribution in [-0.2, 0) is 19.5 Å². The molecule has 7 nitrogen and oxygen atoms in total. The van der Waals surface area contributed by atoms with Crippen molar-refractivity contribution in [1.82, 2.24) is 29.8 Å². The van der Waals surface area contributed by atoms with Crippen molar-refractivity contribution < 1.29 is 8.78 Å². The van der Waals surface area contributed by atoms with Crippen LogP contribution in [0.3, 0.4) is 0 Å². The van der Waals surface area contributed by atoms with Gasteiger partial charge in [0.2, 0.25) is 0 Å². The van der Waals surface area contributed by atoms with Crippen LogP contribution in [-0.4, -0.2) is 36.4 Å². The van der Waals surface area contributed by atoms with Crippen LogP contribution in [0.25, 0.3) is 22.6 Å². The van der Waals surface area contributed by atoms with E-state index in [1.807, 2.05) is 6.07 Å². The summed E-state index contributed by atoms with van der Waals surface area (Å²) in [5.41, 5.74) is 3.99. The molecule has 1 N–H and O–H groups in total. The Bertz CT molecular complexity index is 1320. The van der Waals surface area contributed by atoms with Gasteiger partial charge in [-0.2, -0.15) is 0 Å². The number of fused-ring (bicyclic) bond motifs is 1. The highest BCUT2D eigenvalue weighted by Crippen LogP contribution is 2.22. The first-order chi connectivity index (χ1) is 15.6. The summed E-state index contributed by atoms with van der Waals surface area (Å²) < 4.78 is 26.6. The van der Waals surface area contributed by atoms with Crippen LogP contribution in [0.2, 0.25) is 0 Å². The zero-order valence-electron chi connectivity index (χ0n) is 16.9. The lowest BCUT2D eigenvalue weighted by Gasteiger charge is -2.27. The molecule has 0 saturated carbocycles. The number of hydrogen-bond donors (Lipinski definition) is 1. The van der Waals surface area contributed by atoms with E-state index in [1.54, 1.807) is 24.7 Å². The van der Waals surface area contributed by atoms with Gasteiger partial charge in [-0.1, -0.05) is 6.07 Å². The molecule has 0 unspecified atom stereocenters. The molecular weight excluding hydrogens is 414 g/mol. The molecule has 0 fully saturated rings. The maximum absolute atomic E-state index is 13.5. The van der Waals surface area contributed by atoms with Crippen molar-refractivity contribution in [1.29, 1.82) is 0 Å². The molecule has 4 aromatic rings. The molecule has 32 heavy (non-hydrogen) atoms. The fourth-order valence-corrected chi connectivity index (χ4v) is 3.78. The number of benzene rings is 1. The maximum Gasteiger partial charge on any atom is 0.255 e. The van der Waals surface area contributed by atoms with Gasteiger partial charge in [0.25, 0.3) is 5.56 Å². The highest BCUT2D eigenvalue weighted by Gasteiger charge is 2.22. The minimum Gasteiger partial charge on any atom is -0.306 e. The molecule has 0 radical (unpaired) electrons. The van der Waals surface area contributed by atoms with Crippen molar-refractivity contribution in [2.45, 2.75) is 19.5 Å². The first kappa shape index (κ1) is 20.1. The SMILES string of the molecule is O=c1[nH]c(-c2cncnc2)nc2c1CN(Cc1ccc(-c3ccc(F)c(F)c3)nc1)CC2. The molecule has 0 atom stereocenters. The zero-order chi connectivity index (χ0) is 22.1. The van der Waals surface area contributed by atoms with E-state index in [1.165, 1.54) is 12.4 Å². The molecule has 0 aliphatic carbocycles. The summed E-state index contributed by atoms with van der Waals surface area (Å²) in [7, 11) is 0. The number of pyridine rings is 1. The van der Waals surface area contributed by atoms with Crippen LogP contribution in [0.5, 0.6) is 0 Å². The Morgan fingerprint density at radius 3 is 2.59 bits per heavy atom. The monoisotopic (exact) mass is 432 g/mol. The number of halogens is 2. The second-order valence-corrected chi connectivity index (χ2v) is 7.61. The fraction of sp³-hybridized carbons (Fsp3) is 0.174.